The third kappa shape index (κ3) is 2.58. The number of methoxy groups -OCH3 is 1. The van der Waals surface area contributed by atoms with E-state index in [4.69, 9.17) is 10.00 Å². The first-order chi connectivity index (χ1) is 8.85. The highest BCUT2D eigenvalue weighted by molar-refractivity contribution is 5.81. The van der Waals surface area contributed by atoms with Crippen molar-refractivity contribution in [1.29, 1.82) is 5.26 Å². The fraction of sp³-hybridized carbons (Fsp3) is 0.0625. The fourth-order valence-corrected chi connectivity index (χ4v) is 1.79. The van der Waals surface area contributed by atoms with Crippen LogP contribution in [0.15, 0.2) is 60.7 Å². The molecular formula is C16H13NO. The monoisotopic (exact) mass is 235 g/mol. The van der Waals surface area contributed by atoms with Gasteiger partial charge in [0.15, 0.2) is 0 Å². The number of nitriles is 1. The van der Waals surface area contributed by atoms with E-state index in [-0.39, 0.29) is 0 Å². The molecule has 0 aliphatic heterocycles. The Hall–Kier alpha value is -2.53. The van der Waals surface area contributed by atoms with Crippen LogP contribution in [-0.4, -0.2) is 7.11 Å². The first-order valence-electron chi connectivity index (χ1n) is 5.65. The van der Waals surface area contributed by atoms with Gasteiger partial charge in [0.2, 0.25) is 0 Å². The van der Waals surface area contributed by atoms with Gasteiger partial charge >= 0.3 is 0 Å². The molecule has 0 saturated carbocycles. The molecule has 2 aromatic carbocycles. The lowest BCUT2D eigenvalue weighted by molar-refractivity contribution is 0.415. The lowest BCUT2D eigenvalue weighted by atomic mass is 9.98. The van der Waals surface area contributed by atoms with Crippen LogP contribution in [-0.2, 0) is 0 Å². The topological polar surface area (TPSA) is 33.0 Å². The number of ether oxygens (including phenoxy) is 1. The third-order valence-electron chi connectivity index (χ3n) is 2.69. The predicted molar refractivity (Wildman–Crippen MR) is 72.1 cm³/mol. The van der Waals surface area contributed by atoms with Gasteiger partial charge in [-0.2, -0.15) is 5.26 Å². The van der Waals surface area contributed by atoms with Crippen molar-refractivity contribution in [3.05, 3.63) is 71.8 Å². The van der Waals surface area contributed by atoms with Crippen molar-refractivity contribution in [3.63, 3.8) is 0 Å². The maximum absolute atomic E-state index is 8.91. The summed E-state index contributed by atoms with van der Waals surface area (Å²) in [6.07, 6.45) is 1.57. The fourth-order valence-electron chi connectivity index (χ4n) is 1.79. The maximum Gasteiger partial charge on any atom is 0.118 e. The van der Waals surface area contributed by atoms with Gasteiger partial charge in [-0.15, -0.1) is 0 Å². The van der Waals surface area contributed by atoms with Crippen molar-refractivity contribution in [2.24, 2.45) is 0 Å². The van der Waals surface area contributed by atoms with Gasteiger partial charge in [-0.25, -0.2) is 0 Å². The Morgan fingerprint density at radius 1 is 1.00 bits per heavy atom. The Balaban J connectivity index is 2.43. The number of rotatable bonds is 3. The van der Waals surface area contributed by atoms with Crippen LogP contribution in [0.5, 0.6) is 5.75 Å². The van der Waals surface area contributed by atoms with Crippen molar-refractivity contribution in [2.75, 3.05) is 7.11 Å². The average Bonchev–Trinajstić information content (AvgIpc) is 2.46. The molecule has 0 atom stereocenters. The lowest BCUT2D eigenvalue weighted by Crippen LogP contribution is -1.88. The first kappa shape index (κ1) is 11.9. The summed E-state index contributed by atoms with van der Waals surface area (Å²) in [5.74, 6) is 0.808. The summed E-state index contributed by atoms with van der Waals surface area (Å²) in [4.78, 5) is 0. The second-order valence-corrected chi connectivity index (χ2v) is 3.78. The minimum atomic E-state index is 0.808. The van der Waals surface area contributed by atoms with Gasteiger partial charge in [-0.3, -0.25) is 0 Å². The molecule has 0 heterocycles. The molecular weight excluding hydrogens is 222 g/mol. The lowest BCUT2D eigenvalue weighted by Gasteiger charge is -2.07. The van der Waals surface area contributed by atoms with E-state index in [9.17, 15) is 0 Å². The van der Waals surface area contributed by atoms with Crippen LogP contribution in [0.3, 0.4) is 0 Å². The minimum Gasteiger partial charge on any atom is -0.497 e. The Labute approximate surface area is 107 Å². The van der Waals surface area contributed by atoms with Crippen LogP contribution in [0.25, 0.3) is 5.57 Å². The highest BCUT2D eigenvalue weighted by Gasteiger charge is 2.04. The first-order valence-corrected chi connectivity index (χ1v) is 5.65. The zero-order valence-electron chi connectivity index (χ0n) is 10.1. The van der Waals surface area contributed by atoms with Crippen LogP contribution >= 0.6 is 0 Å². The van der Waals surface area contributed by atoms with E-state index in [0.29, 0.717) is 0 Å². The zero-order valence-corrected chi connectivity index (χ0v) is 10.1. The van der Waals surface area contributed by atoms with E-state index in [2.05, 4.69) is 6.07 Å². The summed E-state index contributed by atoms with van der Waals surface area (Å²) in [5.41, 5.74) is 2.95. The maximum atomic E-state index is 8.91. The summed E-state index contributed by atoms with van der Waals surface area (Å²) >= 11 is 0. The molecule has 2 rings (SSSR count). The molecule has 0 aliphatic carbocycles. The smallest absolute Gasteiger partial charge is 0.118 e. The number of allylic oxidation sites excluding steroid dienone is 1. The van der Waals surface area contributed by atoms with Crippen LogP contribution in [0.1, 0.15) is 11.1 Å². The van der Waals surface area contributed by atoms with E-state index < -0.39 is 0 Å². The van der Waals surface area contributed by atoms with Gasteiger partial charge < -0.3 is 4.74 Å². The van der Waals surface area contributed by atoms with Gasteiger partial charge in [-0.05, 0) is 28.8 Å². The Morgan fingerprint density at radius 3 is 2.17 bits per heavy atom. The highest BCUT2D eigenvalue weighted by atomic mass is 16.5. The van der Waals surface area contributed by atoms with Crippen LogP contribution in [0.2, 0.25) is 0 Å². The SMILES string of the molecule is COc1ccc(/C(=C/C#N)c2ccccc2)cc1. The molecule has 0 aromatic heterocycles. The molecule has 18 heavy (non-hydrogen) atoms. The van der Waals surface area contributed by atoms with E-state index in [0.717, 1.165) is 22.4 Å². The molecule has 0 unspecified atom stereocenters. The molecule has 0 aliphatic rings. The molecule has 88 valence electrons. The van der Waals surface area contributed by atoms with Crippen LogP contribution < -0.4 is 4.74 Å². The second-order valence-electron chi connectivity index (χ2n) is 3.78. The summed E-state index contributed by atoms with van der Waals surface area (Å²) in [6.45, 7) is 0. The van der Waals surface area contributed by atoms with Crippen LogP contribution in [0, 0.1) is 11.3 Å². The summed E-state index contributed by atoms with van der Waals surface area (Å²) in [7, 11) is 1.64. The summed E-state index contributed by atoms with van der Waals surface area (Å²) in [5, 5.41) is 8.91. The molecule has 0 spiro atoms. The van der Waals surface area contributed by atoms with E-state index in [1.54, 1.807) is 13.2 Å². The largest absolute Gasteiger partial charge is 0.497 e. The van der Waals surface area contributed by atoms with Gasteiger partial charge in [0.05, 0.1) is 13.2 Å². The van der Waals surface area contributed by atoms with Gasteiger partial charge in [-0.1, -0.05) is 42.5 Å². The van der Waals surface area contributed by atoms with Crippen molar-refractivity contribution in [1.82, 2.24) is 0 Å². The minimum absolute atomic E-state index is 0.808. The second kappa shape index (κ2) is 5.70. The number of benzene rings is 2. The Bertz CT molecular complexity index is 577. The van der Waals surface area contributed by atoms with Crippen LogP contribution in [0.4, 0.5) is 0 Å². The van der Waals surface area contributed by atoms with E-state index in [1.165, 1.54) is 0 Å². The zero-order chi connectivity index (χ0) is 12.8. The Morgan fingerprint density at radius 2 is 1.61 bits per heavy atom. The quantitative estimate of drug-likeness (QED) is 0.761. The normalized spacial score (nSPS) is 10.8. The molecule has 0 bridgehead atoms. The highest BCUT2D eigenvalue weighted by Crippen LogP contribution is 2.24. The van der Waals surface area contributed by atoms with Crippen molar-refractivity contribution >= 4 is 5.57 Å². The van der Waals surface area contributed by atoms with Crippen molar-refractivity contribution < 1.29 is 4.74 Å². The molecule has 0 saturated heterocycles. The van der Waals surface area contributed by atoms with Crippen molar-refractivity contribution in [3.8, 4) is 11.8 Å². The Kier molecular flexibility index (Phi) is 3.78. The number of nitrogens with zero attached hydrogens (tertiary/aromatic N) is 1. The molecule has 0 N–H and O–H groups in total. The molecule has 2 heteroatoms. The number of hydrogen-bond acceptors (Lipinski definition) is 2. The molecule has 2 aromatic rings. The molecule has 0 radical (unpaired) electrons. The standard InChI is InChI=1S/C16H13NO/c1-18-15-9-7-14(8-10-15)16(11-12-17)13-5-3-2-4-6-13/h2-11H,1H3/b16-11+. The van der Waals surface area contributed by atoms with Gasteiger partial charge in [0, 0.05) is 6.08 Å². The van der Waals surface area contributed by atoms with Gasteiger partial charge in [0.25, 0.3) is 0 Å². The van der Waals surface area contributed by atoms with Crippen molar-refractivity contribution in [2.45, 2.75) is 0 Å². The van der Waals surface area contributed by atoms with E-state index in [1.807, 2.05) is 54.6 Å². The predicted octanol–water partition coefficient (Wildman–Crippen LogP) is 3.65. The molecule has 0 amide bonds. The third-order valence-corrected chi connectivity index (χ3v) is 2.69. The van der Waals surface area contributed by atoms with E-state index >= 15 is 0 Å². The summed E-state index contributed by atoms with van der Waals surface area (Å²) in [6, 6.07) is 19.7. The van der Waals surface area contributed by atoms with Gasteiger partial charge in [0.1, 0.15) is 5.75 Å². The summed E-state index contributed by atoms with van der Waals surface area (Å²) < 4.78 is 5.13. The molecule has 2 nitrogen and oxygen atoms in total. The number of hydrogen-bond donors (Lipinski definition) is 0. The average molecular weight is 235 g/mol. The molecule has 0 fully saturated rings.